The van der Waals surface area contributed by atoms with E-state index in [1.165, 1.54) is 31.8 Å². The first kappa shape index (κ1) is 14.6. The van der Waals surface area contributed by atoms with E-state index in [-0.39, 0.29) is 5.97 Å². The summed E-state index contributed by atoms with van der Waals surface area (Å²) in [6.07, 6.45) is 10.7. The Morgan fingerprint density at radius 3 is 2.71 bits per heavy atom. The highest BCUT2D eigenvalue weighted by Gasteiger charge is 2.19. The Morgan fingerprint density at radius 1 is 1.41 bits per heavy atom. The molecule has 1 N–H and O–H groups in total. The van der Waals surface area contributed by atoms with Crippen LogP contribution in [0, 0.1) is 0 Å². The molecular weight excluding hydrogens is 234 g/mol. The summed E-state index contributed by atoms with van der Waals surface area (Å²) in [5, 5.41) is 4.31. The molecule has 0 radical (unpaired) electrons. The van der Waals surface area contributed by atoms with E-state index in [4.69, 9.17) is 4.74 Å². The summed E-state index contributed by atoms with van der Waals surface area (Å²) in [6.45, 7) is 3.01. The van der Waals surface area contributed by atoms with E-state index in [2.05, 4.69) is 11.6 Å². The van der Waals surface area contributed by atoms with Gasteiger partial charge in [-0.05, 0) is 38.9 Å². The van der Waals surface area contributed by atoms with E-state index < -0.39 is 0 Å². The molecule has 1 saturated carbocycles. The van der Waals surface area contributed by atoms with Crippen LogP contribution in [0.15, 0.2) is 12.2 Å². The molecule has 1 fully saturated rings. The molecule has 0 heterocycles. The maximum atomic E-state index is 11.0. The highest BCUT2D eigenvalue weighted by Crippen LogP contribution is 2.26. The lowest BCUT2D eigenvalue weighted by molar-refractivity contribution is -0.137. The van der Waals surface area contributed by atoms with Crippen molar-refractivity contribution in [2.75, 3.05) is 19.4 Å². The van der Waals surface area contributed by atoms with Gasteiger partial charge in [-0.15, -0.1) is 0 Å². The molecule has 1 aliphatic carbocycles. The van der Waals surface area contributed by atoms with Gasteiger partial charge in [0.15, 0.2) is 0 Å². The lowest BCUT2D eigenvalue weighted by Gasteiger charge is -2.27. The van der Waals surface area contributed by atoms with Crippen molar-refractivity contribution in [3.8, 4) is 0 Å². The number of rotatable bonds is 6. The van der Waals surface area contributed by atoms with Crippen molar-refractivity contribution in [1.82, 2.24) is 5.32 Å². The van der Waals surface area contributed by atoms with Crippen molar-refractivity contribution in [3.63, 3.8) is 0 Å². The van der Waals surface area contributed by atoms with Gasteiger partial charge >= 0.3 is 5.97 Å². The lowest BCUT2D eigenvalue weighted by atomic mass is 9.95. The summed E-state index contributed by atoms with van der Waals surface area (Å²) in [5.41, 5.74) is 0. The van der Waals surface area contributed by atoms with Crippen LogP contribution in [0.4, 0.5) is 0 Å². The maximum Gasteiger partial charge on any atom is 0.330 e. The normalized spacial score (nSPS) is 25.1. The van der Waals surface area contributed by atoms with Crippen LogP contribution < -0.4 is 5.32 Å². The van der Waals surface area contributed by atoms with Crippen molar-refractivity contribution in [2.45, 2.75) is 43.9 Å². The minimum absolute atomic E-state index is 0.250. The Hall–Kier alpha value is -0.480. The molecule has 4 heteroatoms. The summed E-state index contributed by atoms with van der Waals surface area (Å²) >= 11 is 1.98. The number of esters is 1. The van der Waals surface area contributed by atoms with E-state index in [9.17, 15) is 4.79 Å². The average Bonchev–Trinajstić information content (AvgIpc) is 2.36. The number of carbonyl (C=O) groups excluding carboxylic acids is 1. The van der Waals surface area contributed by atoms with Crippen molar-refractivity contribution < 1.29 is 9.53 Å². The van der Waals surface area contributed by atoms with Gasteiger partial charge in [0.25, 0.3) is 0 Å². The van der Waals surface area contributed by atoms with Gasteiger partial charge in [-0.3, -0.25) is 0 Å². The molecule has 98 valence electrons. The van der Waals surface area contributed by atoms with E-state index in [1.54, 1.807) is 0 Å². The zero-order valence-corrected chi connectivity index (χ0v) is 11.6. The fraction of sp³-hybridized carbons (Fsp3) is 0.769. The predicted octanol–water partition coefficient (Wildman–Crippen LogP) is 2.37. The second-order valence-electron chi connectivity index (χ2n) is 4.27. The van der Waals surface area contributed by atoms with Crippen molar-refractivity contribution in [1.29, 1.82) is 0 Å². The molecule has 0 aromatic carbocycles. The van der Waals surface area contributed by atoms with Crippen LogP contribution in [0.5, 0.6) is 0 Å². The fourth-order valence-electron chi connectivity index (χ4n) is 2.08. The largest absolute Gasteiger partial charge is 0.463 e. The first-order valence-electron chi connectivity index (χ1n) is 6.35. The molecule has 0 spiro atoms. The van der Waals surface area contributed by atoms with E-state index in [0.717, 1.165) is 11.8 Å². The van der Waals surface area contributed by atoms with Crippen LogP contribution >= 0.6 is 11.8 Å². The first-order chi connectivity index (χ1) is 8.26. The van der Waals surface area contributed by atoms with E-state index in [1.807, 2.05) is 24.8 Å². The van der Waals surface area contributed by atoms with Gasteiger partial charge in [-0.1, -0.05) is 6.08 Å². The number of carbonyl (C=O) groups is 1. The molecule has 3 nitrogen and oxygen atoms in total. The molecule has 0 aromatic heterocycles. The molecule has 0 amide bonds. The van der Waals surface area contributed by atoms with E-state index >= 15 is 0 Å². The molecule has 1 aliphatic rings. The Labute approximate surface area is 108 Å². The molecule has 0 bridgehead atoms. The molecule has 0 atom stereocenters. The van der Waals surface area contributed by atoms with E-state index in [0.29, 0.717) is 12.6 Å². The van der Waals surface area contributed by atoms with Crippen LogP contribution in [0.25, 0.3) is 0 Å². The summed E-state index contributed by atoms with van der Waals surface area (Å²) in [7, 11) is 0. The SMILES string of the molecule is CCOC(=O)/C=C/CNC1CCC(SC)CC1. The van der Waals surface area contributed by atoms with Gasteiger partial charge in [0, 0.05) is 23.9 Å². The Morgan fingerprint density at radius 2 is 2.12 bits per heavy atom. The zero-order chi connectivity index (χ0) is 12.5. The molecule has 1 rings (SSSR count). The predicted molar refractivity (Wildman–Crippen MR) is 73.3 cm³/mol. The maximum absolute atomic E-state index is 11.0. The van der Waals surface area contributed by atoms with Crippen molar-refractivity contribution in [2.24, 2.45) is 0 Å². The summed E-state index contributed by atoms with van der Waals surface area (Å²) in [6, 6.07) is 0.616. The van der Waals surface area contributed by atoms with Gasteiger partial charge in [0.2, 0.25) is 0 Å². The lowest BCUT2D eigenvalue weighted by Crippen LogP contribution is -2.33. The molecular formula is C13H23NO2S. The summed E-state index contributed by atoms with van der Waals surface area (Å²) in [4.78, 5) is 11.0. The van der Waals surface area contributed by atoms with Crippen LogP contribution in [0.2, 0.25) is 0 Å². The number of thioether (sulfide) groups is 1. The quantitative estimate of drug-likeness (QED) is 0.585. The Balaban J connectivity index is 2.09. The number of nitrogens with one attached hydrogen (secondary N) is 1. The van der Waals surface area contributed by atoms with Crippen LogP contribution in [0.1, 0.15) is 32.6 Å². The van der Waals surface area contributed by atoms with Crippen molar-refractivity contribution in [3.05, 3.63) is 12.2 Å². The minimum atomic E-state index is -0.250. The summed E-state index contributed by atoms with van der Waals surface area (Å²) < 4.78 is 4.81. The minimum Gasteiger partial charge on any atom is -0.463 e. The highest BCUT2D eigenvalue weighted by molar-refractivity contribution is 7.99. The van der Waals surface area contributed by atoms with Gasteiger partial charge in [-0.2, -0.15) is 11.8 Å². The number of hydrogen-bond donors (Lipinski definition) is 1. The van der Waals surface area contributed by atoms with Gasteiger partial charge in [0.1, 0.15) is 0 Å². The monoisotopic (exact) mass is 257 g/mol. The van der Waals surface area contributed by atoms with Crippen molar-refractivity contribution >= 4 is 17.7 Å². The molecule has 0 unspecified atom stereocenters. The number of ether oxygens (including phenoxy) is 1. The Kier molecular flexibility index (Phi) is 7.37. The second-order valence-corrected chi connectivity index (χ2v) is 5.41. The fourth-order valence-corrected chi connectivity index (χ4v) is 2.83. The molecule has 17 heavy (non-hydrogen) atoms. The topological polar surface area (TPSA) is 38.3 Å². The molecule has 0 aliphatic heterocycles. The third kappa shape index (κ3) is 6.13. The Bertz CT molecular complexity index is 248. The average molecular weight is 257 g/mol. The first-order valence-corrected chi connectivity index (χ1v) is 7.64. The standard InChI is InChI=1S/C13H23NO2S/c1-3-16-13(15)5-4-10-14-11-6-8-12(17-2)9-7-11/h4-5,11-12,14H,3,6-10H2,1-2H3/b5-4+. The van der Waals surface area contributed by atoms with Gasteiger partial charge in [-0.25, -0.2) is 4.79 Å². The third-order valence-corrected chi connectivity index (χ3v) is 4.21. The smallest absolute Gasteiger partial charge is 0.330 e. The molecule has 0 saturated heterocycles. The third-order valence-electron chi connectivity index (χ3n) is 3.07. The zero-order valence-electron chi connectivity index (χ0n) is 10.8. The summed E-state index contributed by atoms with van der Waals surface area (Å²) in [5.74, 6) is -0.250. The highest BCUT2D eigenvalue weighted by atomic mass is 32.2. The van der Waals surface area contributed by atoms with Gasteiger partial charge < -0.3 is 10.1 Å². The number of hydrogen-bond acceptors (Lipinski definition) is 4. The van der Waals surface area contributed by atoms with Crippen LogP contribution in [-0.4, -0.2) is 36.7 Å². The molecule has 0 aromatic rings. The second kappa shape index (κ2) is 8.59. The van der Waals surface area contributed by atoms with Crippen LogP contribution in [-0.2, 0) is 9.53 Å². The van der Waals surface area contributed by atoms with Crippen LogP contribution in [0.3, 0.4) is 0 Å². The van der Waals surface area contributed by atoms with Gasteiger partial charge in [0.05, 0.1) is 6.61 Å².